The standard InChI is InChI=1S/C23H17BrN6/c1-29-12-17(14-4-2-3-5-21(14)29)20-10-23-27-19(9-22(25)30(23)28-20)16-11-26-18-7-6-13(24)8-15(16)18/h2-12,26H,25H2,1H3. The number of para-hydroxylation sites is 1. The van der Waals surface area contributed by atoms with E-state index in [4.69, 9.17) is 15.8 Å². The van der Waals surface area contributed by atoms with Crippen molar-refractivity contribution in [1.82, 2.24) is 24.1 Å². The van der Waals surface area contributed by atoms with Crippen molar-refractivity contribution in [2.75, 3.05) is 5.73 Å². The first kappa shape index (κ1) is 17.3. The SMILES string of the molecule is Cn1cc(-c2cc3nc(-c4c[nH]c5ccc(Br)cc45)cc(N)n3n2)c2ccccc21. The molecule has 0 unspecified atom stereocenters. The van der Waals surface area contributed by atoms with Crippen molar-refractivity contribution >= 4 is 49.2 Å². The van der Waals surface area contributed by atoms with Gasteiger partial charge in [-0.1, -0.05) is 34.1 Å². The third kappa shape index (κ3) is 2.48. The maximum atomic E-state index is 6.38. The molecule has 0 radical (unpaired) electrons. The number of H-pyrrole nitrogens is 1. The van der Waals surface area contributed by atoms with Crippen molar-refractivity contribution in [2.45, 2.75) is 0 Å². The molecule has 146 valence electrons. The number of nitrogens with zero attached hydrogens (tertiary/aromatic N) is 4. The Morgan fingerprint density at radius 2 is 1.83 bits per heavy atom. The highest BCUT2D eigenvalue weighted by Crippen LogP contribution is 2.33. The Balaban J connectivity index is 1.55. The summed E-state index contributed by atoms with van der Waals surface area (Å²) in [6.07, 6.45) is 4.07. The van der Waals surface area contributed by atoms with Gasteiger partial charge in [-0.25, -0.2) is 4.98 Å². The van der Waals surface area contributed by atoms with Gasteiger partial charge in [-0.05, 0) is 24.3 Å². The van der Waals surface area contributed by atoms with Crippen molar-refractivity contribution in [3.05, 3.63) is 71.5 Å². The fourth-order valence-corrected chi connectivity index (χ4v) is 4.48. The molecule has 0 saturated carbocycles. The molecule has 30 heavy (non-hydrogen) atoms. The van der Waals surface area contributed by atoms with E-state index in [1.165, 1.54) is 0 Å². The predicted molar refractivity (Wildman–Crippen MR) is 124 cm³/mol. The van der Waals surface area contributed by atoms with Crippen LogP contribution in [0.15, 0.2) is 71.5 Å². The van der Waals surface area contributed by atoms with Crippen LogP contribution in [-0.4, -0.2) is 24.1 Å². The Labute approximate surface area is 180 Å². The molecule has 0 amide bonds. The van der Waals surface area contributed by atoms with Gasteiger partial charge in [0.25, 0.3) is 0 Å². The van der Waals surface area contributed by atoms with Gasteiger partial charge < -0.3 is 15.3 Å². The van der Waals surface area contributed by atoms with Crippen molar-refractivity contribution in [1.29, 1.82) is 0 Å². The molecule has 0 atom stereocenters. The summed E-state index contributed by atoms with van der Waals surface area (Å²) in [5, 5.41) is 6.99. The molecule has 0 aliphatic rings. The van der Waals surface area contributed by atoms with Crippen LogP contribution >= 0.6 is 15.9 Å². The Hall–Kier alpha value is -3.58. The van der Waals surface area contributed by atoms with Crippen molar-refractivity contribution in [2.24, 2.45) is 7.05 Å². The van der Waals surface area contributed by atoms with E-state index in [0.717, 1.165) is 54.4 Å². The number of aromatic nitrogens is 5. The Morgan fingerprint density at radius 3 is 2.73 bits per heavy atom. The fraction of sp³-hybridized carbons (Fsp3) is 0.0435. The topological polar surface area (TPSA) is 76.9 Å². The predicted octanol–water partition coefficient (Wildman–Crippen LogP) is 5.38. The van der Waals surface area contributed by atoms with Gasteiger partial charge in [0.15, 0.2) is 5.65 Å². The number of hydrogen-bond donors (Lipinski definition) is 2. The quantitative estimate of drug-likeness (QED) is 0.367. The second kappa shape index (κ2) is 6.21. The van der Waals surface area contributed by atoms with E-state index >= 15 is 0 Å². The number of anilines is 1. The minimum Gasteiger partial charge on any atom is -0.384 e. The molecule has 6 aromatic rings. The van der Waals surface area contributed by atoms with Gasteiger partial charge in [-0.2, -0.15) is 9.61 Å². The highest BCUT2D eigenvalue weighted by molar-refractivity contribution is 9.10. The largest absolute Gasteiger partial charge is 0.384 e. The summed E-state index contributed by atoms with van der Waals surface area (Å²) >= 11 is 3.55. The van der Waals surface area contributed by atoms with Gasteiger partial charge in [0.2, 0.25) is 0 Å². The van der Waals surface area contributed by atoms with Crippen LogP contribution in [0.3, 0.4) is 0 Å². The lowest BCUT2D eigenvalue weighted by Crippen LogP contribution is -2.01. The number of fused-ring (bicyclic) bond motifs is 3. The van der Waals surface area contributed by atoms with Crippen LogP contribution in [0, 0.1) is 0 Å². The Kier molecular flexibility index (Phi) is 3.58. The van der Waals surface area contributed by atoms with Gasteiger partial charge in [-0.15, -0.1) is 0 Å². The van der Waals surface area contributed by atoms with Crippen LogP contribution in [0.1, 0.15) is 0 Å². The van der Waals surface area contributed by atoms with Crippen LogP contribution < -0.4 is 5.73 Å². The summed E-state index contributed by atoms with van der Waals surface area (Å²) in [6, 6.07) is 18.3. The first-order valence-corrected chi connectivity index (χ1v) is 10.4. The summed E-state index contributed by atoms with van der Waals surface area (Å²) in [6.45, 7) is 0. The molecule has 0 bridgehead atoms. The zero-order valence-electron chi connectivity index (χ0n) is 16.1. The molecule has 0 aliphatic heterocycles. The van der Waals surface area contributed by atoms with E-state index in [2.05, 4.69) is 49.9 Å². The minimum atomic E-state index is 0.547. The van der Waals surface area contributed by atoms with Gasteiger partial charge in [0.05, 0.1) is 11.4 Å². The molecule has 0 spiro atoms. The number of aromatic amines is 1. The zero-order chi connectivity index (χ0) is 20.4. The van der Waals surface area contributed by atoms with E-state index in [1.807, 2.05) is 49.6 Å². The highest BCUT2D eigenvalue weighted by atomic mass is 79.9. The molecule has 6 nitrogen and oxygen atoms in total. The molecule has 2 aromatic carbocycles. The average Bonchev–Trinajstić information content (AvgIpc) is 3.43. The van der Waals surface area contributed by atoms with Crippen LogP contribution in [0.4, 0.5) is 5.82 Å². The fourth-order valence-electron chi connectivity index (χ4n) is 4.12. The lowest BCUT2D eigenvalue weighted by atomic mass is 10.1. The van der Waals surface area contributed by atoms with E-state index in [9.17, 15) is 0 Å². The molecular formula is C23H17BrN6. The average molecular weight is 457 g/mol. The van der Waals surface area contributed by atoms with Crippen LogP contribution in [0.25, 0.3) is 50.0 Å². The van der Waals surface area contributed by atoms with Crippen LogP contribution in [-0.2, 0) is 7.05 Å². The van der Waals surface area contributed by atoms with Crippen LogP contribution in [0.5, 0.6) is 0 Å². The first-order valence-electron chi connectivity index (χ1n) is 9.56. The molecule has 4 heterocycles. The van der Waals surface area contributed by atoms with Gasteiger partial charge in [0.1, 0.15) is 5.82 Å². The van der Waals surface area contributed by atoms with Crippen LogP contribution in [0.2, 0.25) is 0 Å². The first-order chi connectivity index (χ1) is 14.6. The maximum Gasteiger partial charge on any atom is 0.158 e. The summed E-state index contributed by atoms with van der Waals surface area (Å²) in [5.41, 5.74) is 13.1. The van der Waals surface area contributed by atoms with E-state index in [1.54, 1.807) is 4.52 Å². The number of rotatable bonds is 2. The third-order valence-corrected chi connectivity index (χ3v) is 6.04. The van der Waals surface area contributed by atoms with Gasteiger partial charge in [0, 0.05) is 69.0 Å². The molecule has 3 N–H and O–H groups in total. The number of nitrogens with two attached hydrogens (primary N) is 1. The second-order valence-electron chi connectivity index (χ2n) is 7.43. The molecule has 7 heteroatoms. The number of halogens is 1. The summed E-state index contributed by atoms with van der Waals surface area (Å²) in [5.74, 6) is 0.547. The zero-order valence-corrected chi connectivity index (χ0v) is 17.7. The third-order valence-electron chi connectivity index (χ3n) is 5.55. The molecule has 4 aromatic heterocycles. The molecule has 0 aliphatic carbocycles. The lowest BCUT2D eigenvalue weighted by molar-refractivity contribution is 0.951. The molecule has 0 saturated heterocycles. The minimum absolute atomic E-state index is 0.547. The normalized spacial score (nSPS) is 11.8. The molecular weight excluding hydrogens is 440 g/mol. The number of nitrogen functional groups attached to an aromatic ring is 1. The summed E-state index contributed by atoms with van der Waals surface area (Å²) in [7, 11) is 2.04. The summed E-state index contributed by atoms with van der Waals surface area (Å²) in [4.78, 5) is 8.18. The van der Waals surface area contributed by atoms with Gasteiger partial charge >= 0.3 is 0 Å². The van der Waals surface area contributed by atoms with Crippen molar-refractivity contribution < 1.29 is 0 Å². The molecule has 0 fully saturated rings. The Morgan fingerprint density at radius 1 is 0.967 bits per heavy atom. The highest BCUT2D eigenvalue weighted by Gasteiger charge is 2.16. The molecule has 6 rings (SSSR count). The van der Waals surface area contributed by atoms with Crippen molar-refractivity contribution in [3.8, 4) is 22.5 Å². The van der Waals surface area contributed by atoms with Gasteiger partial charge in [-0.3, -0.25) is 0 Å². The van der Waals surface area contributed by atoms with E-state index in [0.29, 0.717) is 5.82 Å². The Bertz CT molecular complexity index is 1590. The monoisotopic (exact) mass is 456 g/mol. The second-order valence-corrected chi connectivity index (χ2v) is 8.34. The number of aryl methyl sites for hydroxylation is 1. The summed E-state index contributed by atoms with van der Waals surface area (Å²) < 4.78 is 4.83. The smallest absolute Gasteiger partial charge is 0.158 e. The number of nitrogens with one attached hydrogen (secondary N) is 1. The lowest BCUT2D eigenvalue weighted by Gasteiger charge is -2.03. The van der Waals surface area contributed by atoms with Crippen molar-refractivity contribution in [3.63, 3.8) is 0 Å². The maximum absolute atomic E-state index is 6.38. The number of benzene rings is 2. The van der Waals surface area contributed by atoms with E-state index in [-0.39, 0.29) is 0 Å². The van der Waals surface area contributed by atoms with E-state index < -0.39 is 0 Å². The number of hydrogen-bond acceptors (Lipinski definition) is 3.